The van der Waals surface area contributed by atoms with E-state index in [4.69, 9.17) is 5.73 Å². The van der Waals surface area contributed by atoms with Crippen LogP contribution in [0.5, 0.6) is 0 Å². The standard InChI is InChI=1S/C16H15N/c17-16-9-7-13(8-10-16)15-6-5-12-3-1-2-4-14(12)11-15/h1-7,9,11H,8,10,17H2. The molecule has 0 aliphatic heterocycles. The molecule has 0 aromatic heterocycles. The highest BCUT2D eigenvalue weighted by atomic mass is 14.6. The van der Waals surface area contributed by atoms with Crippen LogP contribution in [0.1, 0.15) is 18.4 Å². The highest BCUT2D eigenvalue weighted by Gasteiger charge is 2.06. The Bertz CT molecular complexity index is 620. The zero-order chi connectivity index (χ0) is 11.7. The lowest BCUT2D eigenvalue weighted by Crippen LogP contribution is -2.01. The zero-order valence-electron chi connectivity index (χ0n) is 9.69. The highest BCUT2D eigenvalue weighted by molar-refractivity contribution is 5.86. The van der Waals surface area contributed by atoms with Crippen molar-refractivity contribution < 1.29 is 0 Å². The molecule has 1 aliphatic carbocycles. The number of hydrogen-bond donors (Lipinski definition) is 1. The Morgan fingerprint density at radius 2 is 1.65 bits per heavy atom. The number of rotatable bonds is 1. The molecule has 1 nitrogen and oxygen atoms in total. The fraction of sp³-hybridized carbons (Fsp3) is 0.125. The van der Waals surface area contributed by atoms with Crippen LogP contribution in [0, 0.1) is 0 Å². The van der Waals surface area contributed by atoms with Crippen molar-refractivity contribution in [2.45, 2.75) is 12.8 Å². The highest BCUT2D eigenvalue weighted by Crippen LogP contribution is 2.27. The summed E-state index contributed by atoms with van der Waals surface area (Å²) >= 11 is 0. The van der Waals surface area contributed by atoms with Crippen LogP contribution in [0.15, 0.2) is 60.3 Å². The van der Waals surface area contributed by atoms with Crippen LogP contribution in [0.2, 0.25) is 0 Å². The number of benzene rings is 2. The second-order valence-electron chi connectivity index (χ2n) is 4.50. The SMILES string of the molecule is NC1=CC=C(c2ccc3ccccc3c2)CC1. The Morgan fingerprint density at radius 1 is 0.824 bits per heavy atom. The minimum Gasteiger partial charge on any atom is -0.402 e. The van der Waals surface area contributed by atoms with Gasteiger partial charge in [0.15, 0.2) is 0 Å². The van der Waals surface area contributed by atoms with Crippen LogP contribution in [-0.2, 0) is 0 Å². The summed E-state index contributed by atoms with van der Waals surface area (Å²) in [5.41, 5.74) is 9.46. The molecule has 0 radical (unpaired) electrons. The van der Waals surface area contributed by atoms with E-state index in [1.165, 1.54) is 21.9 Å². The number of nitrogens with two attached hydrogens (primary N) is 1. The third-order valence-electron chi connectivity index (χ3n) is 3.30. The van der Waals surface area contributed by atoms with Gasteiger partial charge in [-0.3, -0.25) is 0 Å². The average molecular weight is 221 g/mol. The van der Waals surface area contributed by atoms with E-state index in [9.17, 15) is 0 Å². The maximum atomic E-state index is 5.78. The minimum atomic E-state index is 0.971. The molecule has 2 N–H and O–H groups in total. The molecule has 0 fully saturated rings. The molecule has 0 saturated heterocycles. The first-order chi connectivity index (χ1) is 8.33. The van der Waals surface area contributed by atoms with Crippen LogP contribution in [-0.4, -0.2) is 0 Å². The summed E-state index contributed by atoms with van der Waals surface area (Å²) in [6.07, 6.45) is 6.18. The van der Waals surface area contributed by atoms with Gasteiger partial charge in [0.25, 0.3) is 0 Å². The zero-order valence-corrected chi connectivity index (χ0v) is 9.69. The molecule has 1 heteroatoms. The van der Waals surface area contributed by atoms with Gasteiger partial charge in [0, 0.05) is 5.70 Å². The van der Waals surface area contributed by atoms with E-state index in [2.05, 4.69) is 48.5 Å². The molecule has 2 aromatic rings. The summed E-state index contributed by atoms with van der Waals surface area (Å²) in [6, 6.07) is 15.1. The van der Waals surface area contributed by atoms with E-state index in [1.54, 1.807) is 0 Å². The van der Waals surface area contributed by atoms with Gasteiger partial charge in [-0.2, -0.15) is 0 Å². The smallest absolute Gasteiger partial charge is 0.00839 e. The molecule has 0 amide bonds. The van der Waals surface area contributed by atoms with Gasteiger partial charge in [-0.05, 0) is 46.9 Å². The molecule has 0 spiro atoms. The van der Waals surface area contributed by atoms with Crippen molar-refractivity contribution in [1.29, 1.82) is 0 Å². The predicted octanol–water partition coefficient (Wildman–Crippen LogP) is 3.86. The van der Waals surface area contributed by atoms with Crippen molar-refractivity contribution >= 4 is 16.3 Å². The first-order valence-corrected chi connectivity index (χ1v) is 5.97. The van der Waals surface area contributed by atoms with Crippen molar-refractivity contribution in [1.82, 2.24) is 0 Å². The predicted molar refractivity (Wildman–Crippen MR) is 73.4 cm³/mol. The quantitative estimate of drug-likeness (QED) is 0.777. The Balaban J connectivity index is 2.07. The van der Waals surface area contributed by atoms with Crippen LogP contribution in [0.4, 0.5) is 0 Å². The topological polar surface area (TPSA) is 26.0 Å². The van der Waals surface area contributed by atoms with Gasteiger partial charge in [0.05, 0.1) is 0 Å². The normalized spacial score (nSPS) is 15.5. The number of allylic oxidation sites excluding steroid dienone is 4. The maximum Gasteiger partial charge on any atom is 0.00839 e. The molecular formula is C16H15N. The maximum absolute atomic E-state index is 5.78. The Morgan fingerprint density at radius 3 is 2.41 bits per heavy atom. The van der Waals surface area contributed by atoms with E-state index < -0.39 is 0 Å². The second-order valence-corrected chi connectivity index (χ2v) is 4.50. The Kier molecular flexibility index (Phi) is 2.45. The lowest BCUT2D eigenvalue weighted by molar-refractivity contribution is 0.959. The largest absolute Gasteiger partial charge is 0.402 e. The number of fused-ring (bicyclic) bond motifs is 1. The van der Waals surface area contributed by atoms with E-state index >= 15 is 0 Å². The molecule has 0 heterocycles. The van der Waals surface area contributed by atoms with Gasteiger partial charge in [-0.25, -0.2) is 0 Å². The van der Waals surface area contributed by atoms with Gasteiger partial charge in [-0.1, -0.05) is 42.5 Å². The molecule has 0 unspecified atom stereocenters. The molecule has 0 saturated carbocycles. The van der Waals surface area contributed by atoms with Crippen molar-refractivity contribution in [2.75, 3.05) is 0 Å². The summed E-state index contributed by atoms with van der Waals surface area (Å²) in [6.45, 7) is 0. The first-order valence-electron chi connectivity index (χ1n) is 5.97. The molecule has 17 heavy (non-hydrogen) atoms. The lowest BCUT2D eigenvalue weighted by atomic mass is 9.94. The van der Waals surface area contributed by atoms with E-state index in [0.717, 1.165) is 18.5 Å². The first kappa shape index (κ1) is 10.2. The molecule has 0 bridgehead atoms. The molecule has 3 rings (SSSR count). The van der Waals surface area contributed by atoms with Crippen molar-refractivity contribution in [3.05, 3.63) is 65.9 Å². The summed E-state index contributed by atoms with van der Waals surface area (Å²) in [4.78, 5) is 0. The van der Waals surface area contributed by atoms with Crippen molar-refractivity contribution in [3.63, 3.8) is 0 Å². The third kappa shape index (κ3) is 1.96. The van der Waals surface area contributed by atoms with Gasteiger partial charge >= 0.3 is 0 Å². The monoisotopic (exact) mass is 221 g/mol. The van der Waals surface area contributed by atoms with E-state index in [0.29, 0.717) is 0 Å². The average Bonchev–Trinajstić information content (AvgIpc) is 2.39. The second kappa shape index (κ2) is 4.10. The van der Waals surface area contributed by atoms with Gasteiger partial charge in [-0.15, -0.1) is 0 Å². The Labute approximate surface area is 101 Å². The Hall–Kier alpha value is -2.02. The van der Waals surface area contributed by atoms with E-state index in [1.807, 2.05) is 6.08 Å². The van der Waals surface area contributed by atoms with Crippen LogP contribution in [0.25, 0.3) is 16.3 Å². The molecule has 2 aromatic carbocycles. The third-order valence-corrected chi connectivity index (χ3v) is 3.30. The van der Waals surface area contributed by atoms with Crippen LogP contribution >= 0.6 is 0 Å². The van der Waals surface area contributed by atoms with Crippen LogP contribution < -0.4 is 5.73 Å². The summed E-state index contributed by atoms with van der Waals surface area (Å²) in [7, 11) is 0. The molecule has 0 atom stereocenters. The number of hydrogen-bond acceptors (Lipinski definition) is 1. The summed E-state index contributed by atoms with van der Waals surface area (Å²) < 4.78 is 0. The fourth-order valence-electron chi connectivity index (χ4n) is 2.28. The minimum absolute atomic E-state index is 0.971. The van der Waals surface area contributed by atoms with Crippen molar-refractivity contribution in [3.8, 4) is 0 Å². The summed E-state index contributed by atoms with van der Waals surface area (Å²) in [5, 5.41) is 2.59. The fourth-order valence-corrected chi connectivity index (χ4v) is 2.28. The summed E-state index contributed by atoms with van der Waals surface area (Å²) in [5.74, 6) is 0. The molecule has 84 valence electrons. The van der Waals surface area contributed by atoms with Crippen molar-refractivity contribution in [2.24, 2.45) is 5.73 Å². The molecule has 1 aliphatic rings. The van der Waals surface area contributed by atoms with E-state index in [-0.39, 0.29) is 0 Å². The molecular weight excluding hydrogens is 206 g/mol. The van der Waals surface area contributed by atoms with Gasteiger partial charge in [0.2, 0.25) is 0 Å². The van der Waals surface area contributed by atoms with Crippen LogP contribution in [0.3, 0.4) is 0 Å². The van der Waals surface area contributed by atoms with Gasteiger partial charge in [0.1, 0.15) is 0 Å². The lowest BCUT2D eigenvalue weighted by Gasteiger charge is -2.12. The van der Waals surface area contributed by atoms with Gasteiger partial charge < -0.3 is 5.73 Å².